The van der Waals surface area contributed by atoms with E-state index in [9.17, 15) is 9.59 Å². The van der Waals surface area contributed by atoms with E-state index in [0.29, 0.717) is 19.6 Å². The first-order chi connectivity index (χ1) is 12.9. The maximum Gasteiger partial charge on any atom is 0.317 e. The molecule has 0 unspecified atom stereocenters. The maximum absolute atomic E-state index is 12.3. The van der Waals surface area contributed by atoms with Crippen LogP contribution in [-0.4, -0.2) is 91.6 Å². The minimum atomic E-state index is 0.0353. The molecule has 0 bridgehead atoms. The molecule has 2 aliphatic heterocycles. The second-order valence-corrected chi connectivity index (χ2v) is 8.45. The summed E-state index contributed by atoms with van der Waals surface area (Å²) < 4.78 is 0. The first-order valence-electron chi connectivity index (χ1n) is 10.7. The minimum Gasteiger partial charge on any atom is -0.353 e. The Bertz CT molecular complexity index is 455. The van der Waals surface area contributed by atoms with E-state index in [1.807, 2.05) is 18.7 Å². The van der Waals surface area contributed by atoms with E-state index in [1.165, 1.54) is 25.9 Å². The Hall–Kier alpha value is -1.34. The normalized spacial score (nSPS) is 20.1. The Labute approximate surface area is 164 Å². The van der Waals surface area contributed by atoms with Gasteiger partial charge in [0, 0.05) is 38.8 Å². The van der Waals surface area contributed by atoms with E-state index < -0.39 is 0 Å². The van der Waals surface area contributed by atoms with Gasteiger partial charge in [0.15, 0.2) is 0 Å². The Balaban J connectivity index is 1.51. The Kier molecular flexibility index (Phi) is 9.34. The highest BCUT2D eigenvalue weighted by Gasteiger charge is 2.22. The molecule has 0 aromatic carbocycles. The number of unbranched alkanes of at least 4 members (excludes halogenated alkanes) is 1. The molecule has 2 heterocycles. The summed E-state index contributed by atoms with van der Waals surface area (Å²) in [6.07, 6.45) is 4.82. The van der Waals surface area contributed by atoms with Crippen LogP contribution >= 0.6 is 0 Å². The average molecular weight is 382 g/mol. The van der Waals surface area contributed by atoms with Crippen molar-refractivity contribution < 1.29 is 9.59 Å². The molecular weight excluding hydrogens is 342 g/mol. The van der Waals surface area contributed by atoms with Crippen molar-refractivity contribution in [2.45, 2.75) is 52.5 Å². The molecular formula is C20H39N5O2. The van der Waals surface area contributed by atoms with Crippen molar-refractivity contribution in [3.63, 3.8) is 0 Å². The molecule has 0 atom stereocenters. The predicted molar refractivity (Wildman–Crippen MR) is 109 cm³/mol. The molecule has 2 saturated heterocycles. The zero-order valence-electron chi connectivity index (χ0n) is 17.5. The van der Waals surface area contributed by atoms with E-state index in [1.54, 1.807) is 0 Å². The SMILES string of the molecule is CC1CCN(CCCCNC(=O)N2CCN(CC(=O)NC(C)C)CC2)CC1. The molecule has 27 heavy (non-hydrogen) atoms. The summed E-state index contributed by atoms with van der Waals surface area (Å²) in [5, 5.41) is 5.96. The number of hydrogen-bond acceptors (Lipinski definition) is 4. The summed E-state index contributed by atoms with van der Waals surface area (Å²) in [7, 11) is 0. The molecule has 0 aromatic heterocycles. The first-order valence-corrected chi connectivity index (χ1v) is 10.7. The number of piperazine rings is 1. The second-order valence-electron chi connectivity index (χ2n) is 8.45. The number of carbonyl (C=O) groups is 2. The molecule has 2 rings (SSSR count). The van der Waals surface area contributed by atoms with E-state index in [-0.39, 0.29) is 18.0 Å². The van der Waals surface area contributed by atoms with Crippen LogP contribution in [0, 0.1) is 5.92 Å². The van der Waals surface area contributed by atoms with Gasteiger partial charge in [-0.1, -0.05) is 6.92 Å². The van der Waals surface area contributed by atoms with Gasteiger partial charge >= 0.3 is 6.03 Å². The van der Waals surface area contributed by atoms with Crippen LogP contribution in [0.3, 0.4) is 0 Å². The van der Waals surface area contributed by atoms with Gasteiger partial charge in [-0.15, -0.1) is 0 Å². The molecule has 156 valence electrons. The highest BCUT2D eigenvalue weighted by Crippen LogP contribution is 2.16. The quantitative estimate of drug-likeness (QED) is 0.623. The van der Waals surface area contributed by atoms with Crippen LogP contribution in [0.1, 0.15) is 46.5 Å². The number of carbonyl (C=O) groups excluding carboxylic acids is 2. The fourth-order valence-corrected chi connectivity index (χ4v) is 3.73. The summed E-state index contributed by atoms with van der Waals surface area (Å²) in [6, 6.07) is 0.205. The summed E-state index contributed by atoms with van der Waals surface area (Å²) in [6.45, 7) is 13.9. The average Bonchev–Trinajstić information content (AvgIpc) is 2.62. The van der Waals surface area contributed by atoms with E-state index in [4.69, 9.17) is 0 Å². The van der Waals surface area contributed by atoms with Crippen molar-refractivity contribution in [1.82, 2.24) is 25.3 Å². The van der Waals surface area contributed by atoms with Gasteiger partial charge in [-0.25, -0.2) is 4.79 Å². The fraction of sp³-hybridized carbons (Fsp3) is 0.900. The van der Waals surface area contributed by atoms with Gasteiger partial charge in [-0.05, 0) is 65.1 Å². The van der Waals surface area contributed by atoms with E-state index in [2.05, 4.69) is 27.4 Å². The van der Waals surface area contributed by atoms with E-state index in [0.717, 1.165) is 44.9 Å². The molecule has 0 radical (unpaired) electrons. The van der Waals surface area contributed by atoms with Crippen LogP contribution in [0.5, 0.6) is 0 Å². The number of rotatable bonds is 8. The van der Waals surface area contributed by atoms with E-state index >= 15 is 0 Å². The van der Waals surface area contributed by atoms with Crippen LogP contribution in [0.4, 0.5) is 4.79 Å². The highest BCUT2D eigenvalue weighted by molar-refractivity contribution is 5.78. The highest BCUT2D eigenvalue weighted by atomic mass is 16.2. The number of hydrogen-bond donors (Lipinski definition) is 2. The third-order valence-electron chi connectivity index (χ3n) is 5.53. The lowest BCUT2D eigenvalue weighted by Crippen LogP contribution is -2.53. The van der Waals surface area contributed by atoms with Gasteiger partial charge in [-0.2, -0.15) is 0 Å². The van der Waals surface area contributed by atoms with Crippen molar-refractivity contribution >= 4 is 11.9 Å². The van der Waals surface area contributed by atoms with Crippen molar-refractivity contribution in [1.29, 1.82) is 0 Å². The largest absolute Gasteiger partial charge is 0.353 e. The summed E-state index contributed by atoms with van der Waals surface area (Å²) in [5.41, 5.74) is 0. The third-order valence-corrected chi connectivity index (χ3v) is 5.53. The topological polar surface area (TPSA) is 67.9 Å². The molecule has 7 nitrogen and oxygen atoms in total. The predicted octanol–water partition coefficient (Wildman–Crippen LogP) is 1.35. The Morgan fingerprint density at radius 3 is 2.26 bits per heavy atom. The molecule has 2 fully saturated rings. The van der Waals surface area contributed by atoms with Gasteiger partial charge in [0.1, 0.15) is 0 Å². The van der Waals surface area contributed by atoms with Crippen molar-refractivity contribution in [3.8, 4) is 0 Å². The summed E-state index contributed by atoms with van der Waals surface area (Å²) >= 11 is 0. The lowest BCUT2D eigenvalue weighted by Gasteiger charge is -2.34. The molecule has 0 aromatic rings. The minimum absolute atomic E-state index is 0.0353. The molecule has 3 amide bonds. The zero-order valence-corrected chi connectivity index (χ0v) is 17.5. The zero-order chi connectivity index (χ0) is 19.6. The van der Waals surface area contributed by atoms with Crippen LogP contribution in [0.25, 0.3) is 0 Å². The number of nitrogens with zero attached hydrogens (tertiary/aromatic N) is 3. The number of likely N-dealkylation sites (tertiary alicyclic amines) is 1. The number of piperidine rings is 1. The Morgan fingerprint density at radius 2 is 1.63 bits per heavy atom. The lowest BCUT2D eigenvalue weighted by molar-refractivity contribution is -0.123. The van der Waals surface area contributed by atoms with Crippen LogP contribution < -0.4 is 10.6 Å². The summed E-state index contributed by atoms with van der Waals surface area (Å²) in [4.78, 5) is 30.6. The molecule has 0 aliphatic carbocycles. The van der Waals surface area contributed by atoms with Gasteiger partial charge < -0.3 is 20.4 Å². The van der Waals surface area contributed by atoms with Gasteiger partial charge in [-0.3, -0.25) is 9.69 Å². The van der Waals surface area contributed by atoms with Gasteiger partial charge in [0.25, 0.3) is 0 Å². The fourth-order valence-electron chi connectivity index (χ4n) is 3.73. The second kappa shape index (κ2) is 11.5. The molecule has 7 heteroatoms. The maximum atomic E-state index is 12.3. The Morgan fingerprint density at radius 1 is 0.963 bits per heavy atom. The standard InChI is InChI=1S/C20H39N5O2/c1-17(2)22-19(26)16-24-12-14-25(15-13-24)20(27)21-8-4-5-9-23-10-6-18(3)7-11-23/h17-18H,4-16H2,1-3H3,(H,21,27)(H,22,26). The van der Waals surface area contributed by atoms with Crippen LogP contribution in [-0.2, 0) is 4.79 Å². The number of nitrogens with one attached hydrogen (secondary N) is 2. The molecule has 0 saturated carbocycles. The van der Waals surface area contributed by atoms with Crippen molar-refractivity contribution in [3.05, 3.63) is 0 Å². The first kappa shape index (κ1) is 22.0. The molecule has 2 N–H and O–H groups in total. The number of amides is 3. The monoisotopic (exact) mass is 381 g/mol. The number of urea groups is 1. The van der Waals surface area contributed by atoms with Crippen LogP contribution in [0.15, 0.2) is 0 Å². The molecule has 0 spiro atoms. The van der Waals surface area contributed by atoms with Gasteiger partial charge in [0.2, 0.25) is 5.91 Å². The van der Waals surface area contributed by atoms with Crippen molar-refractivity contribution in [2.75, 3.05) is 58.9 Å². The lowest BCUT2D eigenvalue weighted by atomic mass is 9.99. The summed E-state index contributed by atoms with van der Waals surface area (Å²) in [5.74, 6) is 0.941. The van der Waals surface area contributed by atoms with Gasteiger partial charge in [0.05, 0.1) is 6.54 Å². The van der Waals surface area contributed by atoms with Crippen molar-refractivity contribution in [2.24, 2.45) is 5.92 Å². The third kappa shape index (κ3) is 8.47. The molecule has 2 aliphatic rings. The van der Waals surface area contributed by atoms with Crippen LogP contribution in [0.2, 0.25) is 0 Å². The smallest absolute Gasteiger partial charge is 0.317 e.